The maximum Gasteiger partial charge on any atom is 0.0881 e. The zero-order chi connectivity index (χ0) is 17.5. The van der Waals surface area contributed by atoms with Gasteiger partial charge in [-0.2, -0.15) is 0 Å². The van der Waals surface area contributed by atoms with E-state index in [2.05, 4.69) is 24.5 Å². The van der Waals surface area contributed by atoms with Crippen LogP contribution in [-0.4, -0.2) is 94.4 Å². The van der Waals surface area contributed by atoms with Gasteiger partial charge in [0.2, 0.25) is 0 Å². The van der Waals surface area contributed by atoms with Crippen molar-refractivity contribution in [2.45, 2.75) is 37.8 Å². The van der Waals surface area contributed by atoms with Crippen molar-refractivity contribution in [1.82, 2.24) is 10.6 Å². The smallest absolute Gasteiger partial charge is 0.0881 e. The predicted molar refractivity (Wildman–Crippen MR) is 84.6 cm³/mol. The van der Waals surface area contributed by atoms with Crippen molar-refractivity contribution in [3.63, 3.8) is 0 Å². The molecule has 0 spiro atoms. The number of nitrogens with one attached hydrogen (secondary N) is 2. The molecule has 0 aliphatic rings. The molecule has 0 saturated heterocycles. The number of hydrogen-bond acceptors (Lipinski definition) is 8. The molecule has 0 aromatic heterocycles. The van der Waals surface area contributed by atoms with Gasteiger partial charge in [-0.25, -0.2) is 0 Å². The van der Waals surface area contributed by atoms with E-state index in [-0.39, 0.29) is 39.6 Å². The lowest BCUT2D eigenvalue weighted by molar-refractivity contribution is 0.0378. The van der Waals surface area contributed by atoms with E-state index in [1.807, 2.05) is 0 Å². The zero-order valence-corrected chi connectivity index (χ0v) is 13.8. The van der Waals surface area contributed by atoms with Gasteiger partial charge in [0, 0.05) is 0 Å². The lowest BCUT2D eigenvalue weighted by Crippen LogP contribution is -2.57. The topological polar surface area (TPSA) is 145 Å². The molecule has 0 bridgehead atoms. The largest absolute Gasteiger partial charge is 0.394 e. The zero-order valence-electron chi connectivity index (χ0n) is 13.8. The Morgan fingerprint density at radius 1 is 0.591 bits per heavy atom. The molecule has 8 N–H and O–H groups in total. The molecule has 136 valence electrons. The quantitative estimate of drug-likeness (QED) is 0.182. The monoisotopic (exact) mass is 326 g/mol. The Kier molecular flexibility index (Phi) is 15.5. The fourth-order valence-corrected chi connectivity index (χ4v) is 1.43. The molecule has 0 aliphatic carbocycles. The minimum atomic E-state index is -1.11. The van der Waals surface area contributed by atoms with Gasteiger partial charge in [0.1, 0.15) is 0 Å². The van der Waals surface area contributed by atoms with E-state index in [1.54, 1.807) is 0 Å². The average molecular weight is 326 g/mol. The third-order valence-electron chi connectivity index (χ3n) is 3.17. The molecule has 0 heterocycles. The highest BCUT2D eigenvalue weighted by molar-refractivity contribution is 4.88. The van der Waals surface area contributed by atoms with Crippen LogP contribution in [0.25, 0.3) is 0 Å². The fraction of sp³-hybridized carbons (Fsp3) is 1.00. The first-order chi connectivity index (χ1) is 10.5. The molecule has 0 saturated carbocycles. The predicted octanol–water partition coefficient (Wildman–Crippen LogP) is -2.60. The van der Waals surface area contributed by atoms with E-state index < -0.39 is 11.1 Å². The summed E-state index contributed by atoms with van der Waals surface area (Å²) in [6.45, 7) is 2.74. The minimum absolute atomic E-state index is 0.388. The van der Waals surface area contributed by atoms with Crippen LogP contribution in [0.1, 0.15) is 26.7 Å². The van der Waals surface area contributed by atoms with Crippen LogP contribution in [-0.2, 0) is 0 Å². The van der Waals surface area contributed by atoms with Crippen LogP contribution in [0, 0.1) is 0 Å². The van der Waals surface area contributed by atoms with Gasteiger partial charge in [-0.05, 0) is 19.5 Å². The highest BCUT2D eigenvalue weighted by atomic mass is 16.3. The lowest BCUT2D eigenvalue weighted by Gasteiger charge is -2.30. The van der Waals surface area contributed by atoms with Crippen molar-refractivity contribution in [2.75, 3.05) is 52.7 Å². The van der Waals surface area contributed by atoms with Crippen LogP contribution < -0.4 is 10.6 Å². The Morgan fingerprint density at radius 3 is 1.00 bits per heavy atom. The second kappa shape index (κ2) is 14.3. The highest BCUT2D eigenvalue weighted by Gasteiger charge is 2.28. The molecular formula is C14H34N2O6. The summed E-state index contributed by atoms with van der Waals surface area (Å²) in [4.78, 5) is 0. The number of aliphatic hydroxyl groups is 6. The van der Waals surface area contributed by atoms with Gasteiger partial charge < -0.3 is 41.3 Å². The van der Waals surface area contributed by atoms with E-state index in [4.69, 9.17) is 30.6 Å². The average Bonchev–Trinajstić information content (AvgIpc) is 2.56. The molecule has 0 radical (unpaired) electrons. The Bertz CT molecular complexity index is 197. The van der Waals surface area contributed by atoms with E-state index >= 15 is 0 Å². The van der Waals surface area contributed by atoms with Gasteiger partial charge in [-0.3, -0.25) is 0 Å². The molecule has 8 nitrogen and oxygen atoms in total. The van der Waals surface area contributed by atoms with Crippen LogP contribution in [0.3, 0.4) is 0 Å². The maximum absolute atomic E-state index is 9.08. The third kappa shape index (κ3) is 8.96. The second-order valence-electron chi connectivity index (χ2n) is 5.42. The summed E-state index contributed by atoms with van der Waals surface area (Å²) >= 11 is 0. The van der Waals surface area contributed by atoms with E-state index in [1.165, 1.54) is 6.42 Å². The highest BCUT2D eigenvalue weighted by Crippen LogP contribution is 2.03. The molecule has 0 rings (SSSR count). The summed E-state index contributed by atoms with van der Waals surface area (Å²) in [6, 6.07) is 0. The van der Waals surface area contributed by atoms with Gasteiger partial charge in [0.15, 0.2) is 0 Å². The first kappa shape index (κ1) is 23.9. The summed E-state index contributed by atoms with van der Waals surface area (Å²) in [5.74, 6) is 0. The van der Waals surface area contributed by atoms with Crippen molar-refractivity contribution in [2.24, 2.45) is 0 Å². The first-order valence-corrected chi connectivity index (χ1v) is 7.64. The Balaban J connectivity index is 0. The van der Waals surface area contributed by atoms with Crippen LogP contribution in [0.15, 0.2) is 0 Å². The molecule has 22 heavy (non-hydrogen) atoms. The summed E-state index contributed by atoms with van der Waals surface area (Å²) in [5.41, 5.74) is -2.22. The normalized spacial score (nSPS) is 12.0. The fourth-order valence-electron chi connectivity index (χ4n) is 1.43. The third-order valence-corrected chi connectivity index (χ3v) is 3.17. The Hall–Kier alpha value is -0.320. The molecule has 0 unspecified atom stereocenters. The molecule has 0 atom stereocenters. The minimum Gasteiger partial charge on any atom is -0.394 e. The summed E-state index contributed by atoms with van der Waals surface area (Å²) in [5, 5.41) is 60.2. The SMILES string of the molecule is CCC.OCC(CO)(CO)NCCCNC(CO)(CO)CO. The van der Waals surface area contributed by atoms with E-state index in [0.717, 1.165) is 0 Å². The number of aliphatic hydroxyl groups excluding tert-OH is 6. The molecule has 8 heteroatoms. The molecule has 0 aromatic rings. The second-order valence-corrected chi connectivity index (χ2v) is 5.42. The molecule has 0 fully saturated rings. The number of hydrogen-bond donors (Lipinski definition) is 8. The Morgan fingerprint density at radius 2 is 0.818 bits per heavy atom. The van der Waals surface area contributed by atoms with Crippen LogP contribution in [0.4, 0.5) is 0 Å². The summed E-state index contributed by atoms with van der Waals surface area (Å²) in [7, 11) is 0. The van der Waals surface area contributed by atoms with Crippen molar-refractivity contribution in [3.8, 4) is 0 Å². The molecular weight excluding hydrogens is 292 g/mol. The molecule has 0 aliphatic heterocycles. The van der Waals surface area contributed by atoms with Crippen molar-refractivity contribution < 1.29 is 30.6 Å². The van der Waals surface area contributed by atoms with Crippen LogP contribution >= 0.6 is 0 Å². The van der Waals surface area contributed by atoms with Gasteiger partial charge >= 0.3 is 0 Å². The van der Waals surface area contributed by atoms with E-state index in [9.17, 15) is 0 Å². The van der Waals surface area contributed by atoms with Crippen molar-refractivity contribution in [1.29, 1.82) is 0 Å². The van der Waals surface area contributed by atoms with Crippen LogP contribution in [0.5, 0.6) is 0 Å². The number of rotatable bonds is 12. The summed E-state index contributed by atoms with van der Waals surface area (Å²) in [6.07, 6.45) is 1.81. The van der Waals surface area contributed by atoms with Gasteiger partial charge in [0.05, 0.1) is 50.7 Å². The molecule has 0 amide bonds. The van der Waals surface area contributed by atoms with Crippen LogP contribution in [0.2, 0.25) is 0 Å². The Labute approximate surface area is 132 Å². The van der Waals surface area contributed by atoms with Crippen molar-refractivity contribution in [3.05, 3.63) is 0 Å². The van der Waals surface area contributed by atoms with Gasteiger partial charge in [-0.15, -0.1) is 0 Å². The van der Waals surface area contributed by atoms with E-state index in [0.29, 0.717) is 19.5 Å². The van der Waals surface area contributed by atoms with Gasteiger partial charge in [-0.1, -0.05) is 20.3 Å². The summed E-state index contributed by atoms with van der Waals surface area (Å²) < 4.78 is 0. The van der Waals surface area contributed by atoms with Crippen molar-refractivity contribution >= 4 is 0 Å². The standard InChI is InChI=1S/C11H26N2O6.C3H8/c14-4-10(5-15,6-16)12-2-1-3-13-11(7-17,8-18)9-19;1-3-2/h12-19H,1-9H2;3H2,1-2H3. The molecule has 0 aromatic carbocycles. The first-order valence-electron chi connectivity index (χ1n) is 7.64. The lowest BCUT2D eigenvalue weighted by atomic mass is 10.0. The van der Waals surface area contributed by atoms with Gasteiger partial charge in [0.25, 0.3) is 0 Å². The maximum atomic E-state index is 9.08.